The van der Waals surface area contributed by atoms with Gasteiger partial charge in [0, 0.05) is 83.6 Å². The predicted molar refractivity (Wildman–Crippen MR) is 384 cm³/mol. The van der Waals surface area contributed by atoms with E-state index in [0.717, 1.165) is 51.2 Å². The van der Waals surface area contributed by atoms with Gasteiger partial charge in [-0.3, -0.25) is 0 Å². The maximum atomic E-state index is 2.60. The van der Waals surface area contributed by atoms with Crippen LogP contribution in [0.1, 0.15) is 117 Å². The van der Waals surface area contributed by atoms with Crippen LogP contribution in [0, 0.1) is 20.8 Å². The monoisotopic (exact) mass is 1170 g/mol. The quantitative estimate of drug-likeness (QED) is 0.143. The Morgan fingerprint density at radius 3 is 0.956 bits per heavy atom. The molecule has 442 valence electrons. The van der Waals surface area contributed by atoms with E-state index in [4.69, 9.17) is 0 Å². The molecule has 0 unspecified atom stereocenters. The molecular weight excluding hydrogens is 1100 g/mol. The molecule has 4 aliphatic rings. The standard InChI is InChI=1S/C87H74N4/c1-53-24-30-56(31-25-53)88(60-36-41-68-65-18-12-15-21-73(65)84(4,5)76(68)48-60)59-39-44-81-71(46-59)72-47-64(90(58-34-28-55(3)29-35-58)62-38-43-70-67-20-14-17-23-75(67)86(8,9)78(70)50-62)52-80-83(72)91(81)82-45-40-63(51-79(82)87(80,10)11)89(57-32-26-54(2)27-33-57)61-37-42-69-66-19-13-16-22-74(66)85(6,7)77(69)49-61/h12-52H,1-11H3. The predicted octanol–water partition coefficient (Wildman–Crippen LogP) is 23.7. The van der Waals surface area contributed by atoms with Crippen molar-refractivity contribution in [3.63, 3.8) is 0 Å². The summed E-state index contributed by atoms with van der Waals surface area (Å²) in [5.74, 6) is 0. The van der Waals surface area contributed by atoms with Crippen LogP contribution in [0.15, 0.2) is 249 Å². The number of fused-ring (bicyclic) bond motifs is 14. The zero-order valence-corrected chi connectivity index (χ0v) is 54.0. The summed E-state index contributed by atoms with van der Waals surface area (Å²) in [7, 11) is 0. The van der Waals surface area contributed by atoms with Gasteiger partial charge in [-0.05, 0) is 220 Å². The first-order valence-corrected chi connectivity index (χ1v) is 32.5. The van der Waals surface area contributed by atoms with Gasteiger partial charge in [-0.1, -0.05) is 199 Å². The maximum Gasteiger partial charge on any atom is 0.0583 e. The highest BCUT2D eigenvalue weighted by molar-refractivity contribution is 6.14. The first-order valence-electron chi connectivity index (χ1n) is 32.5. The minimum absolute atomic E-state index is 0.157. The Morgan fingerprint density at radius 1 is 0.242 bits per heavy atom. The fourth-order valence-electron chi connectivity index (χ4n) is 16.5. The summed E-state index contributed by atoms with van der Waals surface area (Å²) in [5.41, 5.74) is 35.1. The molecule has 0 bridgehead atoms. The van der Waals surface area contributed by atoms with E-state index in [2.05, 4.69) is 344 Å². The summed E-state index contributed by atoms with van der Waals surface area (Å²) in [6.07, 6.45) is 0. The molecule has 4 heteroatoms. The minimum Gasteiger partial charge on any atom is -0.310 e. The summed E-state index contributed by atoms with van der Waals surface area (Å²) in [4.78, 5) is 7.50. The van der Waals surface area contributed by atoms with Crippen molar-refractivity contribution in [2.75, 3.05) is 14.7 Å². The molecule has 12 aromatic carbocycles. The molecule has 0 N–H and O–H groups in total. The Hall–Kier alpha value is -10.2. The molecular formula is C87H74N4. The average Bonchev–Trinajstić information content (AvgIpc) is 1.68. The van der Waals surface area contributed by atoms with E-state index in [1.807, 2.05) is 0 Å². The molecule has 4 nitrogen and oxygen atoms in total. The van der Waals surface area contributed by atoms with Gasteiger partial charge in [0.15, 0.2) is 0 Å². The number of nitrogens with zero attached hydrogens (tertiary/aromatic N) is 4. The summed E-state index contributed by atoms with van der Waals surface area (Å²) in [5, 5.41) is 2.42. The third-order valence-corrected chi connectivity index (χ3v) is 21.5. The van der Waals surface area contributed by atoms with Gasteiger partial charge in [-0.2, -0.15) is 0 Å². The van der Waals surface area contributed by atoms with E-state index in [1.165, 1.54) is 122 Å². The van der Waals surface area contributed by atoms with E-state index in [9.17, 15) is 0 Å². The summed E-state index contributed by atoms with van der Waals surface area (Å²) >= 11 is 0. The van der Waals surface area contributed by atoms with Crippen molar-refractivity contribution >= 4 is 73.0 Å². The highest BCUT2D eigenvalue weighted by atomic mass is 15.2. The van der Waals surface area contributed by atoms with Crippen molar-refractivity contribution < 1.29 is 0 Å². The molecule has 1 aromatic heterocycles. The van der Waals surface area contributed by atoms with E-state index < -0.39 is 5.41 Å². The smallest absolute Gasteiger partial charge is 0.0583 e. The molecule has 3 aliphatic carbocycles. The van der Waals surface area contributed by atoms with Crippen LogP contribution in [0.2, 0.25) is 0 Å². The van der Waals surface area contributed by atoms with Crippen molar-refractivity contribution in [3.8, 4) is 39.1 Å². The second-order valence-corrected chi connectivity index (χ2v) is 28.5. The third kappa shape index (κ3) is 8.00. The van der Waals surface area contributed by atoms with Crippen molar-refractivity contribution in [3.05, 3.63) is 310 Å². The van der Waals surface area contributed by atoms with Crippen LogP contribution in [0.4, 0.5) is 51.2 Å². The fraction of sp³-hybridized carbons (Fsp3) is 0.172. The molecule has 0 fully saturated rings. The van der Waals surface area contributed by atoms with Gasteiger partial charge in [-0.25, -0.2) is 0 Å². The van der Waals surface area contributed by atoms with Gasteiger partial charge in [0.05, 0.1) is 16.7 Å². The molecule has 2 heterocycles. The van der Waals surface area contributed by atoms with Crippen molar-refractivity contribution in [1.29, 1.82) is 0 Å². The summed E-state index contributed by atoms with van der Waals surface area (Å²) in [6.45, 7) is 25.8. The molecule has 0 spiro atoms. The van der Waals surface area contributed by atoms with E-state index in [1.54, 1.807) is 0 Å². The van der Waals surface area contributed by atoms with Gasteiger partial charge in [-0.15, -0.1) is 0 Å². The van der Waals surface area contributed by atoms with Crippen LogP contribution < -0.4 is 14.7 Å². The Bertz CT molecular complexity index is 5200. The van der Waals surface area contributed by atoms with Crippen LogP contribution in [-0.2, 0) is 21.7 Å². The molecule has 13 aromatic rings. The van der Waals surface area contributed by atoms with Gasteiger partial charge < -0.3 is 19.3 Å². The SMILES string of the molecule is Cc1ccc(N(c2ccc3c(c2)C(C)(C)c2ccccc2-3)c2ccc3c(c2)C(C)(C)c2cc(N(c4ccc(C)cc4)c4ccc5c(c4)C(C)(C)c4ccccc4-5)cc4c5cc(N(c6ccc(C)cc6)c6ccc7c(c6)C(C)(C)c6ccccc6-7)ccc5n-3c24)cc1. The lowest BCUT2D eigenvalue weighted by Gasteiger charge is -2.37. The highest BCUT2D eigenvalue weighted by Gasteiger charge is 2.41. The molecule has 1 aliphatic heterocycles. The van der Waals surface area contributed by atoms with Crippen LogP contribution >= 0.6 is 0 Å². The Morgan fingerprint density at radius 2 is 0.538 bits per heavy atom. The van der Waals surface area contributed by atoms with Crippen molar-refractivity contribution in [2.45, 2.75) is 97.8 Å². The largest absolute Gasteiger partial charge is 0.310 e. The summed E-state index contributed by atoms with van der Waals surface area (Å²) < 4.78 is 2.60. The zero-order valence-electron chi connectivity index (χ0n) is 54.0. The zero-order chi connectivity index (χ0) is 62.2. The minimum atomic E-state index is -0.476. The second-order valence-electron chi connectivity index (χ2n) is 28.5. The average molecular weight is 1180 g/mol. The Kier molecular flexibility index (Phi) is 11.7. The van der Waals surface area contributed by atoms with Gasteiger partial charge in [0.1, 0.15) is 0 Å². The molecule has 91 heavy (non-hydrogen) atoms. The van der Waals surface area contributed by atoms with Crippen LogP contribution in [0.25, 0.3) is 60.9 Å². The first kappa shape index (κ1) is 54.9. The molecule has 0 saturated carbocycles. The van der Waals surface area contributed by atoms with Gasteiger partial charge in [0.2, 0.25) is 0 Å². The van der Waals surface area contributed by atoms with Gasteiger partial charge in [0.25, 0.3) is 0 Å². The molecule has 0 atom stereocenters. The topological polar surface area (TPSA) is 14.7 Å². The lowest BCUT2D eigenvalue weighted by Crippen LogP contribution is -2.27. The van der Waals surface area contributed by atoms with Crippen molar-refractivity contribution in [2.24, 2.45) is 0 Å². The van der Waals surface area contributed by atoms with E-state index >= 15 is 0 Å². The molecule has 0 radical (unpaired) electrons. The van der Waals surface area contributed by atoms with E-state index in [-0.39, 0.29) is 16.2 Å². The number of rotatable bonds is 9. The lowest BCUT2D eigenvalue weighted by atomic mass is 9.74. The lowest BCUT2D eigenvalue weighted by molar-refractivity contribution is 0.630. The van der Waals surface area contributed by atoms with Crippen LogP contribution in [0.3, 0.4) is 0 Å². The number of hydrogen-bond donors (Lipinski definition) is 0. The number of aromatic nitrogens is 1. The third-order valence-electron chi connectivity index (χ3n) is 21.5. The molecule has 0 amide bonds. The number of hydrogen-bond acceptors (Lipinski definition) is 3. The maximum absolute atomic E-state index is 2.60. The Balaban J connectivity index is 0.907. The van der Waals surface area contributed by atoms with Crippen molar-refractivity contribution in [1.82, 2.24) is 4.57 Å². The number of anilines is 9. The fourth-order valence-corrected chi connectivity index (χ4v) is 16.5. The Labute approximate surface area is 536 Å². The normalized spacial score (nSPS) is 15.1. The second kappa shape index (κ2) is 19.4. The highest BCUT2D eigenvalue weighted by Crippen LogP contribution is 2.57. The molecule has 0 saturated heterocycles. The molecule has 17 rings (SSSR count). The van der Waals surface area contributed by atoms with Crippen LogP contribution in [-0.4, -0.2) is 4.57 Å². The first-order chi connectivity index (χ1) is 43.9. The van der Waals surface area contributed by atoms with Crippen LogP contribution in [0.5, 0.6) is 0 Å². The van der Waals surface area contributed by atoms with Gasteiger partial charge >= 0.3 is 0 Å². The van der Waals surface area contributed by atoms with E-state index in [0.29, 0.717) is 0 Å². The summed E-state index contributed by atoms with van der Waals surface area (Å²) in [6, 6.07) is 95.3. The number of aryl methyl sites for hydroxylation is 3. The number of benzene rings is 12.